The minimum absolute atomic E-state index is 0.254. The number of H-pyrrole nitrogens is 1. The Labute approximate surface area is 149 Å². The molecule has 130 valence electrons. The fourth-order valence-electron chi connectivity index (χ4n) is 3.00. The van der Waals surface area contributed by atoms with Gasteiger partial charge in [0.15, 0.2) is 5.16 Å². The van der Waals surface area contributed by atoms with E-state index in [1.54, 1.807) is 6.92 Å². The van der Waals surface area contributed by atoms with Gasteiger partial charge in [-0.3, -0.25) is 4.79 Å². The summed E-state index contributed by atoms with van der Waals surface area (Å²) >= 11 is 1.46. The van der Waals surface area contributed by atoms with Crippen molar-refractivity contribution in [3.63, 3.8) is 0 Å². The van der Waals surface area contributed by atoms with Crippen LogP contribution in [-0.4, -0.2) is 28.8 Å². The number of aromatic amines is 1. The standard InChI is InChI=1S/C18H19N3O3S/c1-4-25-18-20-15-14(16(22)21-18)13(11-8-6-5-7-9-11)12(10(2)19-15)17(23)24-3/h5-9,13H,4H2,1-3H3,(H2,19,20,21,22). The summed E-state index contributed by atoms with van der Waals surface area (Å²) in [6.45, 7) is 3.78. The maximum absolute atomic E-state index is 12.8. The zero-order chi connectivity index (χ0) is 18.0. The molecule has 2 aromatic rings. The number of nitrogens with zero attached hydrogens (tertiary/aromatic N) is 1. The highest BCUT2D eigenvalue weighted by Gasteiger charge is 2.36. The summed E-state index contributed by atoms with van der Waals surface area (Å²) in [5.74, 6) is 0.294. The van der Waals surface area contributed by atoms with Gasteiger partial charge in [0.1, 0.15) is 5.82 Å². The zero-order valence-electron chi connectivity index (χ0n) is 14.3. The number of hydrogen-bond acceptors (Lipinski definition) is 6. The highest BCUT2D eigenvalue weighted by molar-refractivity contribution is 7.99. The Hall–Kier alpha value is -2.54. The monoisotopic (exact) mass is 357 g/mol. The SMILES string of the molecule is CCSc1nc2c(c(=O)[nH]1)C(c1ccccc1)C(C(=O)OC)=C(C)N2. The molecule has 1 atom stereocenters. The second-order valence-electron chi connectivity index (χ2n) is 5.57. The Morgan fingerprint density at radius 1 is 1.32 bits per heavy atom. The summed E-state index contributed by atoms with van der Waals surface area (Å²) in [7, 11) is 1.34. The number of thioether (sulfide) groups is 1. The highest BCUT2D eigenvalue weighted by Crippen LogP contribution is 2.39. The first kappa shape index (κ1) is 17.3. The van der Waals surface area contributed by atoms with Crippen LogP contribution in [0, 0.1) is 0 Å². The van der Waals surface area contributed by atoms with Crippen molar-refractivity contribution in [2.45, 2.75) is 24.9 Å². The van der Waals surface area contributed by atoms with Gasteiger partial charge in [-0.2, -0.15) is 0 Å². The molecule has 1 aliphatic heterocycles. The van der Waals surface area contributed by atoms with Gasteiger partial charge in [0.2, 0.25) is 0 Å². The van der Waals surface area contributed by atoms with Crippen LogP contribution in [0.4, 0.5) is 5.82 Å². The van der Waals surface area contributed by atoms with Gasteiger partial charge >= 0.3 is 5.97 Å². The molecule has 1 aromatic heterocycles. The summed E-state index contributed by atoms with van der Waals surface area (Å²) in [6.07, 6.45) is 0. The molecule has 7 heteroatoms. The molecule has 25 heavy (non-hydrogen) atoms. The summed E-state index contributed by atoms with van der Waals surface area (Å²) in [5.41, 5.74) is 2.07. The Bertz CT molecular complexity index is 890. The van der Waals surface area contributed by atoms with Gasteiger partial charge < -0.3 is 15.0 Å². The second kappa shape index (κ2) is 7.14. The Morgan fingerprint density at radius 2 is 2.04 bits per heavy atom. The van der Waals surface area contributed by atoms with Crippen LogP contribution in [0.1, 0.15) is 30.9 Å². The van der Waals surface area contributed by atoms with Crippen LogP contribution in [-0.2, 0) is 9.53 Å². The van der Waals surface area contributed by atoms with Crippen molar-refractivity contribution in [3.05, 3.63) is 63.1 Å². The molecule has 3 rings (SSSR count). The van der Waals surface area contributed by atoms with Gasteiger partial charge in [-0.1, -0.05) is 49.0 Å². The first-order valence-corrected chi connectivity index (χ1v) is 8.93. The van der Waals surface area contributed by atoms with Crippen molar-refractivity contribution < 1.29 is 9.53 Å². The van der Waals surface area contributed by atoms with E-state index in [2.05, 4.69) is 15.3 Å². The number of anilines is 1. The van der Waals surface area contributed by atoms with Gasteiger partial charge in [0.05, 0.1) is 24.2 Å². The van der Waals surface area contributed by atoms with Crippen LogP contribution in [0.25, 0.3) is 0 Å². The minimum Gasteiger partial charge on any atom is -0.466 e. The van der Waals surface area contributed by atoms with Crippen LogP contribution < -0.4 is 10.9 Å². The quantitative estimate of drug-likeness (QED) is 0.497. The number of nitrogens with one attached hydrogen (secondary N) is 2. The van der Waals surface area contributed by atoms with Gasteiger partial charge in [-0.25, -0.2) is 9.78 Å². The molecular weight excluding hydrogens is 338 g/mol. The van der Waals surface area contributed by atoms with E-state index in [1.165, 1.54) is 18.9 Å². The number of benzene rings is 1. The lowest BCUT2D eigenvalue weighted by Crippen LogP contribution is -2.30. The predicted octanol–water partition coefficient (Wildman–Crippen LogP) is 2.89. The van der Waals surface area contributed by atoms with Gasteiger partial charge in [0, 0.05) is 5.70 Å². The largest absolute Gasteiger partial charge is 0.466 e. The van der Waals surface area contributed by atoms with Gasteiger partial charge in [-0.15, -0.1) is 0 Å². The molecule has 0 fully saturated rings. The van der Waals surface area contributed by atoms with Crippen molar-refractivity contribution >= 4 is 23.5 Å². The zero-order valence-corrected chi connectivity index (χ0v) is 15.1. The van der Waals surface area contributed by atoms with E-state index in [0.717, 1.165) is 11.3 Å². The topological polar surface area (TPSA) is 84.1 Å². The molecule has 1 unspecified atom stereocenters. The predicted molar refractivity (Wildman–Crippen MR) is 97.9 cm³/mol. The molecule has 2 heterocycles. The van der Waals surface area contributed by atoms with Crippen molar-refractivity contribution in [1.82, 2.24) is 9.97 Å². The molecule has 0 spiro atoms. The van der Waals surface area contributed by atoms with Crippen LogP contribution in [0.15, 0.2) is 51.6 Å². The summed E-state index contributed by atoms with van der Waals surface area (Å²) in [5, 5.41) is 3.65. The molecule has 1 aromatic carbocycles. The molecular formula is C18H19N3O3S. The summed E-state index contributed by atoms with van der Waals surface area (Å²) in [6, 6.07) is 9.44. The lowest BCUT2D eigenvalue weighted by Gasteiger charge is -2.28. The normalized spacial score (nSPS) is 16.2. The van der Waals surface area contributed by atoms with Gasteiger partial charge in [-0.05, 0) is 18.2 Å². The molecule has 0 bridgehead atoms. The molecule has 0 radical (unpaired) electrons. The first-order valence-electron chi connectivity index (χ1n) is 7.94. The minimum atomic E-state index is -0.526. The van der Waals surface area contributed by atoms with Crippen molar-refractivity contribution in [1.29, 1.82) is 0 Å². The number of ether oxygens (including phenoxy) is 1. The van der Waals surface area contributed by atoms with E-state index in [0.29, 0.717) is 27.8 Å². The average molecular weight is 357 g/mol. The number of aromatic nitrogens is 2. The molecule has 0 aliphatic carbocycles. The third-order valence-corrected chi connectivity index (χ3v) is 4.80. The lowest BCUT2D eigenvalue weighted by atomic mass is 9.82. The fourth-order valence-corrected chi connectivity index (χ4v) is 3.59. The van der Waals surface area contributed by atoms with Crippen LogP contribution in [0.3, 0.4) is 0 Å². The van der Waals surface area contributed by atoms with E-state index in [-0.39, 0.29) is 5.56 Å². The maximum Gasteiger partial charge on any atom is 0.336 e. The number of rotatable bonds is 4. The number of hydrogen-bond donors (Lipinski definition) is 2. The van der Waals surface area contributed by atoms with E-state index in [9.17, 15) is 9.59 Å². The maximum atomic E-state index is 12.8. The smallest absolute Gasteiger partial charge is 0.336 e. The van der Waals surface area contributed by atoms with Gasteiger partial charge in [0.25, 0.3) is 5.56 Å². The van der Waals surface area contributed by atoms with Crippen LogP contribution in [0.5, 0.6) is 0 Å². The average Bonchev–Trinajstić information content (AvgIpc) is 2.61. The molecule has 2 N–H and O–H groups in total. The second-order valence-corrected chi connectivity index (χ2v) is 6.82. The summed E-state index contributed by atoms with van der Waals surface area (Å²) < 4.78 is 4.96. The van der Waals surface area contributed by atoms with Crippen molar-refractivity contribution in [3.8, 4) is 0 Å². The van der Waals surface area contributed by atoms with Crippen molar-refractivity contribution in [2.24, 2.45) is 0 Å². The first-order chi connectivity index (χ1) is 12.1. The van der Waals surface area contributed by atoms with E-state index in [4.69, 9.17) is 4.74 Å². The third kappa shape index (κ3) is 3.19. The number of allylic oxidation sites excluding steroid dienone is 1. The Balaban J connectivity index is 2.25. The van der Waals surface area contributed by atoms with Crippen LogP contribution in [0.2, 0.25) is 0 Å². The number of methoxy groups -OCH3 is 1. The van der Waals surface area contributed by atoms with Crippen LogP contribution >= 0.6 is 11.8 Å². The van der Waals surface area contributed by atoms with Crippen molar-refractivity contribution in [2.75, 3.05) is 18.2 Å². The Kier molecular flexibility index (Phi) is 4.94. The molecule has 0 saturated heterocycles. The molecule has 0 saturated carbocycles. The third-order valence-electron chi connectivity index (χ3n) is 4.04. The van der Waals surface area contributed by atoms with E-state index >= 15 is 0 Å². The number of carbonyl (C=O) groups excluding carboxylic acids is 1. The number of fused-ring (bicyclic) bond motifs is 1. The Morgan fingerprint density at radius 3 is 2.68 bits per heavy atom. The number of esters is 1. The fraction of sp³-hybridized carbons (Fsp3) is 0.278. The summed E-state index contributed by atoms with van der Waals surface area (Å²) in [4.78, 5) is 32.5. The lowest BCUT2D eigenvalue weighted by molar-refractivity contribution is -0.136. The molecule has 1 aliphatic rings. The molecule has 0 amide bonds. The highest BCUT2D eigenvalue weighted by atomic mass is 32.2. The molecule has 6 nitrogen and oxygen atoms in total. The van der Waals surface area contributed by atoms with E-state index in [1.807, 2.05) is 37.3 Å². The number of carbonyl (C=O) groups is 1. The van der Waals surface area contributed by atoms with E-state index < -0.39 is 11.9 Å².